The third-order valence-corrected chi connectivity index (χ3v) is 3.78. The van der Waals surface area contributed by atoms with Gasteiger partial charge >= 0.3 is 6.03 Å². The van der Waals surface area contributed by atoms with Crippen LogP contribution < -0.4 is 5.32 Å². The Morgan fingerprint density at radius 3 is 3.00 bits per heavy atom. The van der Waals surface area contributed by atoms with Crippen molar-refractivity contribution in [2.75, 3.05) is 11.9 Å². The summed E-state index contributed by atoms with van der Waals surface area (Å²) in [5.41, 5.74) is 1.19. The molecule has 2 amide bonds. The van der Waals surface area contributed by atoms with E-state index in [4.69, 9.17) is 0 Å². The number of nitrogens with zero attached hydrogens (tertiary/aromatic N) is 2. The minimum atomic E-state index is -0.428. The molecule has 0 aliphatic carbocycles. The highest BCUT2D eigenvalue weighted by atomic mass is 19.1. The van der Waals surface area contributed by atoms with Gasteiger partial charge in [-0.05, 0) is 31.4 Å². The lowest BCUT2D eigenvalue weighted by molar-refractivity contribution is 0.163. The fourth-order valence-corrected chi connectivity index (χ4v) is 2.71. The predicted molar refractivity (Wildman–Crippen MR) is 77.3 cm³/mol. The van der Waals surface area contributed by atoms with Crippen molar-refractivity contribution >= 4 is 11.7 Å². The lowest BCUT2D eigenvalue weighted by Gasteiger charge is -2.35. The molecule has 1 atom stereocenters. The number of urea groups is 1. The van der Waals surface area contributed by atoms with Crippen molar-refractivity contribution in [2.45, 2.75) is 25.3 Å². The average molecular weight is 288 g/mol. The van der Waals surface area contributed by atoms with E-state index in [0.29, 0.717) is 6.54 Å². The number of carbonyl (C=O) groups excluding carboxylic acids is 1. The summed E-state index contributed by atoms with van der Waals surface area (Å²) in [7, 11) is 0. The molecule has 0 bridgehead atoms. The number of hydrogen-bond acceptors (Lipinski definition) is 2. The first-order valence-corrected chi connectivity index (χ1v) is 7.06. The van der Waals surface area contributed by atoms with Crippen LogP contribution in [0.5, 0.6) is 0 Å². The fraction of sp³-hybridized carbons (Fsp3) is 0.333. The normalized spacial score (nSPS) is 18.5. The van der Waals surface area contributed by atoms with Crippen LogP contribution >= 0.6 is 0 Å². The summed E-state index contributed by atoms with van der Waals surface area (Å²) in [5.74, 6) is -0.428. The number of piperidine rings is 1. The average Bonchev–Trinajstić information content (AvgIpc) is 3.04. The quantitative estimate of drug-likeness (QED) is 0.890. The number of para-hydroxylation sites is 1. The molecule has 0 radical (unpaired) electrons. The minimum Gasteiger partial charge on any atom is -0.317 e. The SMILES string of the molecule is O=C(Nc1ccccc1F)N1CCCC[C@@H]1c1cn[nH]c1. The first kappa shape index (κ1) is 13.6. The molecule has 1 aromatic heterocycles. The van der Waals surface area contributed by atoms with E-state index < -0.39 is 5.82 Å². The van der Waals surface area contributed by atoms with Crippen LogP contribution in [0.4, 0.5) is 14.9 Å². The van der Waals surface area contributed by atoms with Gasteiger partial charge in [-0.25, -0.2) is 9.18 Å². The molecule has 1 fully saturated rings. The van der Waals surface area contributed by atoms with E-state index in [1.807, 2.05) is 0 Å². The van der Waals surface area contributed by atoms with Crippen molar-refractivity contribution in [3.05, 3.63) is 48.0 Å². The molecule has 3 rings (SSSR count). The van der Waals surface area contributed by atoms with Crippen molar-refractivity contribution in [1.82, 2.24) is 15.1 Å². The lowest BCUT2D eigenvalue weighted by atomic mass is 9.98. The van der Waals surface area contributed by atoms with E-state index >= 15 is 0 Å². The van der Waals surface area contributed by atoms with E-state index in [0.717, 1.165) is 24.8 Å². The summed E-state index contributed by atoms with van der Waals surface area (Å²) in [6, 6.07) is 5.90. The maximum atomic E-state index is 13.6. The van der Waals surface area contributed by atoms with Crippen molar-refractivity contribution in [3.8, 4) is 0 Å². The van der Waals surface area contributed by atoms with Crippen LogP contribution in [-0.2, 0) is 0 Å². The molecule has 5 nitrogen and oxygen atoms in total. The van der Waals surface area contributed by atoms with E-state index in [1.165, 1.54) is 6.07 Å². The van der Waals surface area contributed by atoms with Crippen molar-refractivity contribution in [2.24, 2.45) is 0 Å². The molecule has 110 valence electrons. The molecule has 1 saturated heterocycles. The highest BCUT2D eigenvalue weighted by Crippen LogP contribution is 2.30. The van der Waals surface area contributed by atoms with Gasteiger partial charge in [0, 0.05) is 18.3 Å². The van der Waals surface area contributed by atoms with Gasteiger partial charge in [-0.1, -0.05) is 12.1 Å². The smallest absolute Gasteiger partial charge is 0.317 e. The summed E-state index contributed by atoms with van der Waals surface area (Å²) in [5, 5.41) is 9.38. The second-order valence-electron chi connectivity index (χ2n) is 5.15. The molecule has 1 aromatic carbocycles. The molecular weight excluding hydrogens is 271 g/mol. The topological polar surface area (TPSA) is 61.0 Å². The van der Waals surface area contributed by atoms with Gasteiger partial charge in [0.25, 0.3) is 0 Å². The van der Waals surface area contributed by atoms with Gasteiger partial charge in [-0.15, -0.1) is 0 Å². The Morgan fingerprint density at radius 1 is 1.38 bits per heavy atom. The number of halogens is 1. The number of benzene rings is 1. The van der Waals surface area contributed by atoms with Crippen LogP contribution in [0.25, 0.3) is 0 Å². The van der Waals surface area contributed by atoms with Gasteiger partial charge in [-0.3, -0.25) is 5.10 Å². The number of aromatic amines is 1. The zero-order chi connectivity index (χ0) is 14.7. The van der Waals surface area contributed by atoms with Crippen LogP contribution in [0.1, 0.15) is 30.9 Å². The summed E-state index contributed by atoms with van der Waals surface area (Å²) < 4.78 is 13.6. The van der Waals surface area contributed by atoms with Gasteiger partial charge in [-0.2, -0.15) is 5.10 Å². The third-order valence-electron chi connectivity index (χ3n) is 3.78. The van der Waals surface area contributed by atoms with E-state index in [9.17, 15) is 9.18 Å². The van der Waals surface area contributed by atoms with Crippen molar-refractivity contribution in [3.63, 3.8) is 0 Å². The number of anilines is 1. The number of likely N-dealkylation sites (tertiary alicyclic amines) is 1. The molecular formula is C15H17FN4O. The van der Waals surface area contributed by atoms with Gasteiger partial charge < -0.3 is 10.2 Å². The number of amides is 2. The molecule has 1 aliphatic heterocycles. The summed E-state index contributed by atoms with van der Waals surface area (Å²) in [4.78, 5) is 14.2. The maximum Gasteiger partial charge on any atom is 0.322 e. The van der Waals surface area contributed by atoms with Gasteiger partial charge in [0.15, 0.2) is 0 Å². The van der Waals surface area contributed by atoms with Crippen LogP contribution in [0.15, 0.2) is 36.7 Å². The first-order valence-electron chi connectivity index (χ1n) is 7.06. The Morgan fingerprint density at radius 2 is 2.24 bits per heavy atom. The monoisotopic (exact) mass is 288 g/mol. The molecule has 1 aliphatic rings. The van der Waals surface area contributed by atoms with Crippen LogP contribution in [0.2, 0.25) is 0 Å². The highest BCUT2D eigenvalue weighted by Gasteiger charge is 2.28. The van der Waals surface area contributed by atoms with Crippen molar-refractivity contribution in [1.29, 1.82) is 0 Å². The van der Waals surface area contributed by atoms with Gasteiger partial charge in [0.2, 0.25) is 0 Å². The fourth-order valence-electron chi connectivity index (χ4n) is 2.71. The summed E-state index contributed by atoms with van der Waals surface area (Å²) in [6.07, 6.45) is 6.46. The molecule has 0 saturated carbocycles. The molecule has 2 N–H and O–H groups in total. The zero-order valence-corrected chi connectivity index (χ0v) is 11.6. The van der Waals surface area contributed by atoms with Gasteiger partial charge in [0.05, 0.1) is 17.9 Å². The van der Waals surface area contributed by atoms with E-state index in [-0.39, 0.29) is 17.8 Å². The molecule has 0 spiro atoms. The molecule has 0 unspecified atom stereocenters. The Kier molecular flexibility index (Phi) is 3.85. The Hall–Kier alpha value is -2.37. The predicted octanol–water partition coefficient (Wildman–Crippen LogP) is 3.31. The number of carbonyl (C=O) groups is 1. The third kappa shape index (κ3) is 2.89. The number of nitrogens with one attached hydrogen (secondary N) is 2. The number of aromatic nitrogens is 2. The standard InChI is InChI=1S/C15H17FN4O/c16-12-5-1-2-6-13(12)19-15(21)20-8-4-3-7-14(20)11-9-17-18-10-11/h1-2,5-6,9-10,14H,3-4,7-8H2,(H,17,18)(H,19,21)/t14-/m1/s1. The Bertz CT molecular complexity index is 614. The number of rotatable bonds is 2. The highest BCUT2D eigenvalue weighted by molar-refractivity contribution is 5.89. The summed E-state index contributed by atoms with van der Waals surface area (Å²) in [6.45, 7) is 0.663. The molecule has 2 aromatic rings. The molecule has 6 heteroatoms. The Labute approximate surface area is 122 Å². The molecule has 21 heavy (non-hydrogen) atoms. The molecule has 2 heterocycles. The van der Waals surface area contributed by atoms with Crippen LogP contribution in [-0.4, -0.2) is 27.7 Å². The minimum absolute atomic E-state index is 0.00993. The second-order valence-corrected chi connectivity index (χ2v) is 5.15. The maximum absolute atomic E-state index is 13.6. The second kappa shape index (κ2) is 5.95. The van der Waals surface area contributed by atoms with Crippen molar-refractivity contribution < 1.29 is 9.18 Å². The largest absolute Gasteiger partial charge is 0.322 e. The zero-order valence-electron chi connectivity index (χ0n) is 11.6. The van der Waals surface area contributed by atoms with E-state index in [2.05, 4.69) is 15.5 Å². The Balaban J connectivity index is 1.77. The van der Waals surface area contributed by atoms with Crippen LogP contribution in [0.3, 0.4) is 0 Å². The number of H-pyrrole nitrogens is 1. The first-order chi connectivity index (χ1) is 10.3. The van der Waals surface area contributed by atoms with Crippen LogP contribution in [0, 0.1) is 5.82 Å². The number of hydrogen-bond donors (Lipinski definition) is 2. The van der Waals surface area contributed by atoms with E-state index in [1.54, 1.807) is 35.5 Å². The van der Waals surface area contributed by atoms with Gasteiger partial charge in [0.1, 0.15) is 5.82 Å². The summed E-state index contributed by atoms with van der Waals surface area (Å²) >= 11 is 0. The lowest BCUT2D eigenvalue weighted by Crippen LogP contribution is -2.41.